The second-order valence-electron chi connectivity index (χ2n) is 4.93. The smallest absolute Gasteiger partial charge is 0.0943 e. The van der Waals surface area contributed by atoms with Gasteiger partial charge in [0.1, 0.15) is 0 Å². The molecule has 0 spiro atoms. The van der Waals surface area contributed by atoms with Crippen molar-refractivity contribution in [2.45, 2.75) is 52.6 Å². The van der Waals surface area contributed by atoms with Crippen LogP contribution < -0.4 is 5.73 Å². The Kier molecular flexibility index (Phi) is 5.18. The van der Waals surface area contributed by atoms with Crippen molar-refractivity contribution in [3.63, 3.8) is 0 Å². The fraction of sp³-hybridized carbons (Fsp3) is 0.571. The molecule has 4 nitrogen and oxygen atoms in total. The number of hydrogen-bond donors (Lipinski definition) is 1. The van der Waals surface area contributed by atoms with Crippen LogP contribution in [0.15, 0.2) is 5.38 Å². The number of aryl methyl sites for hydroxylation is 3. The van der Waals surface area contributed by atoms with Crippen molar-refractivity contribution in [2.24, 2.45) is 5.73 Å². The maximum Gasteiger partial charge on any atom is 0.0943 e. The molecule has 0 saturated carbocycles. The molecule has 110 valence electrons. The van der Waals surface area contributed by atoms with E-state index < -0.39 is 0 Å². The number of aromatic nitrogens is 3. The van der Waals surface area contributed by atoms with Crippen LogP contribution in [0.1, 0.15) is 35.9 Å². The number of halogens is 1. The molecule has 2 N–H and O–H groups in total. The molecule has 0 aliphatic carbocycles. The van der Waals surface area contributed by atoms with Gasteiger partial charge in [-0.05, 0) is 20.3 Å². The van der Waals surface area contributed by atoms with E-state index in [1.54, 1.807) is 11.3 Å². The van der Waals surface area contributed by atoms with E-state index in [-0.39, 0.29) is 6.04 Å². The lowest BCUT2D eigenvalue weighted by Gasteiger charge is -2.11. The molecule has 0 aromatic carbocycles. The summed E-state index contributed by atoms with van der Waals surface area (Å²) in [5.74, 6) is 0. The molecule has 2 aromatic rings. The van der Waals surface area contributed by atoms with E-state index in [1.165, 1.54) is 0 Å². The molecule has 0 aliphatic heterocycles. The zero-order chi connectivity index (χ0) is 14.7. The van der Waals surface area contributed by atoms with E-state index in [9.17, 15) is 0 Å². The molecule has 1 atom stereocenters. The van der Waals surface area contributed by atoms with Crippen molar-refractivity contribution in [1.82, 2.24) is 14.8 Å². The third-order valence-corrected chi connectivity index (χ3v) is 4.68. The van der Waals surface area contributed by atoms with Gasteiger partial charge in [0.15, 0.2) is 0 Å². The molecule has 2 heterocycles. The molecule has 0 fully saturated rings. The first-order chi connectivity index (χ1) is 9.55. The van der Waals surface area contributed by atoms with Crippen LogP contribution in [0.5, 0.6) is 0 Å². The Balaban J connectivity index is 2.10. The zero-order valence-electron chi connectivity index (χ0n) is 12.2. The SMILES string of the molecule is CCc1nn(CC)c(CC(N)Cc2nc(C)cs2)c1Cl. The lowest BCUT2D eigenvalue weighted by molar-refractivity contribution is 0.572. The maximum atomic E-state index is 6.41. The number of rotatable bonds is 6. The summed E-state index contributed by atoms with van der Waals surface area (Å²) >= 11 is 8.07. The van der Waals surface area contributed by atoms with Crippen molar-refractivity contribution in [1.29, 1.82) is 0 Å². The van der Waals surface area contributed by atoms with E-state index in [0.717, 1.165) is 52.9 Å². The molecule has 0 aliphatic rings. The van der Waals surface area contributed by atoms with E-state index in [4.69, 9.17) is 17.3 Å². The topological polar surface area (TPSA) is 56.7 Å². The highest BCUT2D eigenvalue weighted by molar-refractivity contribution is 7.09. The van der Waals surface area contributed by atoms with E-state index >= 15 is 0 Å². The predicted molar refractivity (Wildman–Crippen MR) is 84.5 cm³/mol. The van der Waals surface area contributed by atoms with Crippen LogP contribution in [0.3, 0.4) is 0 Å². The summed E-state index contributed by atoms with van der Waals surface area (Å²) in [6, 6.07) is 0.0183. The summed E-state index contributed by atoms with van der Waals surface area (Å²) < 4.78 is 1.97. The van der Waals surface area contributed by atoms with Crippen LogP contribution in [-0.2, 0) is 25.8 Å². The molecule has 0 bridgehead atoms. The average Bonchev–Trinajstić information content (AvgIpc) is 2.95. The Labute approximate surface area is 129 Å². The summed E-state index contributed by atoms with van der Waals surface area (Å²) in [6.07, 6.45) is 2.36. The highest BCUT2D eigenvalue weighted by Crippen LogP contribution is 2.23. The van der Waals surface area contributed by atoms with Gasteiger partial charge in [0, 0.05) is 36.5 Å². The highest BCUT2D eigenvalue weighted by atomic mass is 35.5. The Hall–Kier alpha value is -0.910. The molecule has 20 heavy (non-hydrogen) atoms. The third kappa shape index (κ3) is 3.40. The summed E-state index contributed by atoms with van der Waals surface area (Å²) in [6.45, 7) is 6.96. The highest BCUT2D eigenvalue weighted by Gasteiger charge is 2.17. The van der Waals surface area contributed by atoms with Gasteiger partial charge in [0.2, 0.25) is 0 Å². The normalized spacial score (nSPS) is 12.8. The minimum absolute atomic E-state index is 0.0183. The molecular weight excluding hydrogens is 292 g/mol. The monoisotopic (exact) mass is 312 g/mol. The van der Waals surface area contributed by atoms with Gasteiger partial charge in [-0.15, -0.1) is 11.3 Å². The van der Waals surface area contributed by atoms with E-state index in [1.807, 2.05) is 11.6 Å². The number of nitrogens with zero attached hydrogens (tertiary/aromatic N) is 3. The number of thiazole rings is 1. The minimum atomic E-state index is 0.0183. The average molecular weight is 313 g/mol. The fourth-order valence-corrected chi connectivity index (χ4v) is 3.47. The summed E-state index contributed by atoms with van der Waals surface area (Å²) in [4.78, 5) is 4.46. The zero-order valence-corrected chi connectivity index (χ0v) is 13.8. The van der Waals surface area contributed by atoms with Gasteiger partial charge >= 0.3 is 0 Å². The van der Waals surface area contributed by atoms with Gasteiger partial charge in [0.25, 0.3) is 0 Å². The molecule has 2 aromatic heterocycles. The predicted octanol–water partition coefficient (Wildman–Crippen LogP) is 3.00. The largest absolute Gasteiger partial charge is 0.327 e. The second-order valence-corrected chi connectivity index (χ2v) is 6.25. The molecule has 0 saturated heterocycles. The molecule has 0 radical (unpaired) electrons. The lowest BCUT2D eigenvalue weighted by Crippen LogP contribution is -2.27. The molecule has 0 amide bonds. The maximum absolute atomic E-state index is 6.41. The summed E-state index contributed by atoms with van der Waals surface area (Å²) in [7, 11) is 0. The van der Waals surface area contributed by atoms with Crippen molar-refractivity contribution in [2.75, 3.05) is 0 Å². The second kappa shape index (κ2) is 6.70. The Morgan fingerprint density at radius 3 is 2.70 bits per heavy atom. The first-order valence-corrected chi connectivity index (χ1v) is 8.21. The summed E-state index contributed by atoms with van der Waals surface area (Å²) in [5.41, 5.74) is 9.32. The number of nitrogens with two attached hydrogens (primary N) is 1. The van der Waals surface area contributed by atoms with Gasteiger partial charge in [-0.2, -0.15) is 5.10 Å². The van der Waals surface area contributed by atoms with Gasteiger partial charge in [-0.25, -0.2) is 4.98 Å². The number of hydrogen-bond acceptors (Lipinski definition) is 4. The van der Waals surface area contributed by atoms with Crippen molar-refractivity contribution in [3.8, 4) is 0 Å². The minimum Gasteiger partial charge on any atom is -0.327 e. The van der Waals surface area contributed by atoms with Crippen LogP contribution in [0, 0.1) is 6.92 Å². The van der Waals surface area contributed by atoms with Crippen LogP contribution in [0.25, 0.3) is 0 Å². The molecule has 1 unspecified atom stereocenters. The van der Waals surface area contributed by atoms with Crippen molar-refractivity contribution in [3.05, 3.63) is 32.5 Å². The van der Waals surface area contributed by atoms with Gasteiger partial charge < -0.3 is 5.73 Å². The van der Waals surface area contributed by atoms with Gasteiger partial charge in [-0.3, -0.25) is 4.68 Å². The summed E-state index contributed by atoms with van der Waals surface area (Å²) in [5, 5.41) is 8.45. The van der Waals surface area contributed by atoms with Crippen LogP contribution >= 0.6 is 22.9 Å². The van der Waals surface area contributed by atoms with Crippen LogP contribution in [0.4, 0.5) is 0 Å². The third-order valence-electron chi connectivity index (χ3n) is 3.25. The molecular formula is C14H21ClN4S. The standard InChI is InChI=1S/C14H21ClN4S/c1-4-11-14(15)12(19(5-2)18-11)6-10(16)7-13-17-9(3)8-20-13/h8,10H,4-7,16H2,1-3H3. The van der Waals surface area contributed by atoms with E-state index in [0.29, 0.717) is 0 Å². The van der Waals surface area contributed by atoms with Crippen molar-refractivity contribution >= 4 is 22.9 Å². The van der Waals surface area contributed by atoms with Crippen LogP contribution in [0.2, 0.25) is 5.02 Å². The lowest BCUT2D eigenvalue weighted by atomic mass is 10.1. The van der Waals surface area contributed by atoms with Crippen LogP contribution in [-0.4, -0.2) is 20.8 Å². The van der Waals surface area contributed by atoms with Gasteiger partial charge in [-0.1, -0.05) is 18.5 Å². The Morgan fingerprint density at radius 1 is 1.40 bits per heavy atom. The first kappa shape index (κ1) is 15.5. The molecule has 2 rings (SSSR count). The van der Waals surface area contributed by atoms with E-state index in [2.05, 4.69) is 29.3 Å². The Morgan fingerprint density at radius 2 is 2.15 bits per heavy atom. The fourth-order valence-electron chi connectivity index (χ4n) is 2.25. The quantitative estimate of drug-likeness (QED) is 0.892. The van der Waals surface area contributed by atoms with Crippen molar-refractivity contribution < 1.29 is 0 Å². The van der Waals surface area contributed by atoms with Gasteiger partial charge in [0.05, 0.1) is 21.4 Å². The first-order valence-electron chi connectivity index (χ1n) is 6.95. The Bertz CT molecular complexity index is 576. The molecule has 6 heteroatoms.